The summed E-state index contributed by atoms with van der Waals surface area (Å²) in [5.41, 5.74) is 0. The number of nitrogens with zero attached hydrogens (tertiary/aromatic N) is 1. The number of carboxylic acid groups (broad SMARTS) is 1. The minimum atomic E-state index is -1.53. The van der Waals surface area contributed by atoms with E-state index < -0.39 is 24.3 Å². The molecule has 0 aliphatic rings. The van der Waals surface area contributed by atoms with Gasteiger partial charge in [-0.15, -0.1) is 0 Å². The molecule has 0 aromatic heterocycles. The standard InChI is InChI=1S/C90H153NO8/c1-6-8-10-12-14-16-18-20-22-24-26-28-30-32-34-36-38-40-42-44-46-48-50-52-54-56-58-60-62-64-66-68-70-72-74-76-78-80-87(92)97-84-86(85-98-90(89(94)95)96-83-82-91(3,4)5)99-88(93)81-79-77-75-73-71-69-67-65-63-61-59-57-55-53-51-49-47-45-43-41-39-37-35-33-31-29-27-25-23-21-19-17-15-13-11-9-7-2/h9,11,15,17,21,23-24,26-27,29,33,35,39,41,45,47,51,53,57,59,63,65,69,71,86,90H,6-8,10,12-14,16,18-20,22,25,28,30-32,34,36-38,40,42-44,46,48-50,52,54-56,58,60-62,64,66-68,70,72-85H2,1-5H3/p+1/b11-9-,17-15-,23-21-,26-24-,29-27-,35-33-,41-39-,47-45-,53-51-,59-57-,65-63-,71-69-. The first-order valence-corrected chi connectivity index (χ1v) is 41.0. The zero-order chi connectivity index (χ0) is 71.8. The molecule has 0 aromatic rings. The Kier molecular flexibility index (Phi) is 75.0. The molecule has 566 valence electrons. The molecule has 9 heteroatoms. The lowest BCUT2D eigenvalue weighted by molar-refractivity contribution is -0.870. The Balaban J connectivity index is 4.11. The van der Waals surface area contributed by atoms with Gasteiger partial charge in [0.2, 0.25) is 0 Å². The summed E-state index contributed by atoms with van der Waals surface area (Å²) in [7, 11) is 5.97. The smallest absolute Gasteiger partial charge is 0.361 e. The number of quaternary nitrogens is 1. The van der Waals surface area contributed by atoms with Crippen molar-refractivity contribution in [2.75, 3.05) is 47.5 Å². The molecule has 0 amide bonds. The van der Waals surface area contributed by atoms with Gasteiger partial charge in [-0.3, -0.25) is 9.59 Å². The van der Waals surface area contributed by atoms with Gasteiger partial charge in [-0.2, -0.15) is 0 Å². The zero-order valence-corrected chi connectivity index (χ0v) is 64.9. The Morgan fingerprint density at radius 1 is 0.313 bits per heavy atom. The van der Waals surface area contributed by atoms with Gasteiger partial charge in [-0.05, 0) is 122 Å². The number of aliphatic carboxylic acids is 1. The van der Waals surface area contributed by atoms with E-state index in [9.17, 15) is 19.5 Å². The third kappa shape index (κ3) is 80.4. The molecule has 0 spiro atoms. The molecule has 0 heterocycles. The number of hydrogen-bond donors (Lipinski definition) is 1. The number of hydrogen-bond acceptors (Lipinski definition) is 7. The number of likely N-dealkylation sites (N-methyl/N-ethyl adjacent to an activating group) is 1. The normalized spacial score (nSPS) is 13.4. The molecule has 0 aliphatic heterocycles. The quantitative estimate of drug-likeness (QED) is 0.0211. The van der Waals surface area contributed by atoms with Crippen LogP contribution >= 0.6 is 0 Å². The van der Waals surface area contributed by atoms with E-state index in [1.807, 2.05) is 21.1 Å². The van der Waals surface area contributed by atoms with Gasteiger partial charge in [-0.25, -0.2) is 4.79 Å². The van der Waals surface area contributed by atoms with Crippen LogP contribution in [-0.2, 0) is 33.3 Å². The van der Waals surface area contributed by atoms with Gasteiger partial charge in [0.1, 0.15) is 13.2 Å². The number of unbranched alkanes of at least 4 members (excludes halogenated alkanes) is 36. The number of esters is 2. The third-order valence-corrected chi connectivity index (χ3v) is 17.6. The summed E-state index contributed by atoms with van der Waals surface area (Å²) in [5.74, 6) is -2.05. The second-order valence-corrected chi connectivity index (χ2v) is 28.3. The Labute approximate surface area is 611 Å². The summed E-state index contributed by atoms with van der Waals surface area (Å²) in [6, 6.07) is 0. The molecule has 0 saturated carbocycles. The van der Waals surface area contributed by atoms with Gasteiger partial charge in [-0.1, -0.05) is 359 Å². The zero-order valence-electron chi connectivity index (χ0n) is 64.9. The fourth-order valence-corrected chi connectivity index (χ4v) is 11.4. The molecule has 0 radical (unpaired) electrons. The average Bonchev–Trinajstić information content (AvgIpc) is 2.19. The summed E-state index contributed by atoms with van der Waals surface area (Å²) in [6.45, 7) is 4.75. The molecule has 2 atom stereocenters. The first-order chi connectivity index (χ1) is 48.6. The van der Waals surface area contributed by atoms with Crippen LogP contribution in [0.2, 0.25) is 0 Å². The first-order valence-electron chi connectivity index (χ1n) is 41.0. The predicted molar refractivity (Wildman–Crippen MR) is 428 cm³/mol. The van der Waals surface area contributed by atoms with E-state index in [4.69, 9.17) is 18.9 Å². The molecule has 1 N–H and O–H groups in total. The van der Waals surface area contributed by atoms with Crippen molar-refractivity contribution in [3.8, 4) is 0 Å². The molecule has 0 saturated heterocycles. The summed E-state index contributed by atoms with van der Waals surface area (Å²) in [4.78, 5) is 37.7. The van der Waals surface area contributed by atoms with Crippen molar-refractivity contribution < 1.29 is 42.9 Å². The summed E-state index contributed by atoms with van der Waals surface area (Å²) in [5, 5.41) is 9.77. The van der Waals surface area contributed by atoms with Crippen LogP contribution in [0.4, 0.5) is 0 Å². The molecule has 0 aliphatic carbocycles. The molecular formula is C90H154NO8+. The van der Waals surface area contributed by atoms with Gasteiger partial charge < -0.3 is 28.5 Å². The maximum absolute atomic E-state index is 13.0. The maximum Gasteiger partial charge on any atom is 0.361 e. The van der Waals surface area contributed by atoms with Crippen LogP contribution in [0, 0.1) is 0 Å². The van der Waals surface area contributed by atoms with Crippen molar-refractivity contribution in [1.82, 2.24) is 0 Å². The van der Waals surface area contributed by atoms with Crippen molar-refractivity contribution in [2.24, 2.45) is 0 Å². The SMILES string of the molecule is CC/C=C\C/C=C\C/C=C\C/C=C\C/C=C\C/C=C\C/C=C\C/C=C\C/C=C\C/C=C\C/C=C\CCCCCC(=O)OC(COC(=O)CCCCCCCCCCCCCCCCCCCCCCCCCCC/C=C\CCCCCCCCCC)COC(OCC[N+](C)(C)C)C(=O)O. The molecule has 0 rings (SSSR count). The van der Waals surface area contributed by atoms with E-state index in [2.05, 4.69) is 160 Å². The van der Waals surface area contributed by atoms with Crippen LogP contribution in [0.25, 0.3) is 0 Å². The molecular weight excluding hydrogens is 1220 g/mol. The van der Waals surface area contributed by atoms with Crippen molar-refractivity contribution in [1.29, 1.82) is 0 Å². The Morgan fingerprint density at radius 3 is 0.879 bits per heavy atom. The maximum atomic E-state index is 13.0. The highest BCUT2D eigenvalue weighted by atomic mass is 16.7. The molecule has 2 unspecified atom stereocenters. The van der Waals surface area contributed by atoms with Crippen molar-refractivity contribution >= 4 is 17.9 Å². The minimum Gasteiger partial charge on any atom is -0.477 e. The highest BCUT2D eigenvalue weighted by Crippen LogP contribution is 2.18. The fourth-order valence-electron chi connectivity index (χ4n) is 11.4. The molecule has 99 heavy (non-hydrogen) atoms. The predicted octanol–water partition coefficient (Wildman–Crippen LogP) is 26.6. The van der Waals surface area contributed by atoms with E-state index >= 15 is 0 Å². The minimum absolute atomic E-state index is 0.175. The van der Waals surface area contributed by atoms with E-state index in [1.54, 1.807) is 0 Å². The van der Waals surface area contributed by atoms with Crippen LogP contribution in [0.5, 0.6) is 0 Å². The van der Waals surface area contributed by atoms with Gasteiger partial charge in [0.15, 0.2) is 6.10 Å². The topological polar surface area (TPSA) is 108 Å². The van der Waals surface area contributed by atoms with Crippen LogP contribution in [0.15, 0.2) is 146 Å². The second kappa shape index (κ2) is 78.9. The molecule has 9 nitrogen and oxygen atoms in total. The molecule has 0 bridgehead atoms. The summed E-state index contributed by atoms with van der Waals surface area (Å²) >= 11 is 0. The number of rotatable bonds is 75. The summed E-state index contributed by atoms with van der Waals surface area (Å²) < 4.78 is 23.0. The van der Waals surface area contributed by atoms with E-state index in [1.165, 1.54) is 205 Å². The molecule has 0 fully saturated rings. The summed E-state index contributed by atoms with van der Waals surface area (Å²) in [6.07, 6.45) is 113. The highest BCUT2D eigenvalue weighted by molar-refractivity contribution is 5.71. The van der Waals surface area contributed by atoms with Gasteiger partial charge >= 0.3 is 17.9 Å². The van der Waals surface area contributed by atoms with Gasteiger partial charge in [0, 0.05) is 12.8 Å². The van der Waals surface area contributed by atoms with Gasteiger partial charge in [0.05, 0.1) is 34.4 Å². The number of ether oxygens (including phenoxy) is 4. The monoisotopic (exact) mass is 1380 g/mol. The Morgan fingerprint density at radius 2 is 0.576 bits per heavy atom. The Hall–Kier alpha value is -4.83. The second-order valence-electron chi connectivity index (χ2n) is 28.3. The van der Waals surface area contributed by atoms with Crippen molar-refractivity contribution in [3.63, 3.8) is 0 Å². The number of allylic oxidation sites excluding steroid dienone is 24. The van der Waals surface area contributed by atoms with Crippen molar-refractivity contribution in [3.05, 3.63) is 146 Å². The van der Waals surface area contributed by atoms with Crippen LogP contribution in [0.3, 0.4) is 0 Å². The van der Waals surface area contributed by atoms with E-state index in [0.717, 1.165) is 109 Å². The van der Waals surface area contributed by atoms with Crippen LogP contribution in [0.1, 0.15) is 348 Å². The lowest BCUT2D eigenvalue weighted by atomic mass is 10.0. The lowest BCUT2D eigenvalue weighted by Gasteiger charge is -2.25. The number of carbonyl (C=O) groups excluding carboxylic acids is 2. The van der Waals surface area contributed by atoms with E-state index in [0.29, 0.717) is 23.9 Å². The first kappa shape index (κ1) is 94.2. The lowest BCUT2D eigenvalue weighted by Crippen LogP contribution is -2.40. The van der Waals surface area contributed by atoms with E-state index in [-0.39, 0.29) is 32.2 Å². The van der Waals surface area contributed by atoms with Gasteiger partial charge in [0.25, 0.3) is 6.29 Å². The highest BCUT2D eigenvalue weighted by Gasteiger charge is 2.25. The fraction of sp³-hybridized carbons (Fsp3) is 0.700. The molecule has 0 aromatic carbocycles. The van der Waals surface area contributed by atoms with Crippen LogP contribution < -0.4 is 0 Å². The average molecular weight is 1380 g/mol. The third-order valence-electron chi connectivity index (χ3n) is 17.6. The number of carbonyl (C=O) groups is 3. The largest absolute Gasteiger partial charge is 0.477 e. The van der Waals surface area contributed by atoms with Crippen molar-refractivity contribution in [2.45, 2.75) is 360 Å². The van der Waals surface area contributed by atoms with Crippen LogP contribution in [-0.4, -0.2) is 87.4 Å². The Bertz CT molecular complexity index is 2150. The number of carboxylic acids is 1.